The van der Waals surface area contributed by atoms with Crippen molar-refractivity contribution in [1.29, 1.82) is 0 Å². The Morgan fingerprint density at radius 2 is 1.95 bits per heavy atom. The normalized spacial score (nSPS) is 17.5. The quantitative estimate of drug-likeness (QED) is 0.852. The van der Waals surface area contributed by atoms with Gasteiger partial charge in [0.25, 0.3) is 0 Å². The van der Waals surface area contributed by atoms with Crippen LogP contribution in [0.15, 0.2) is 12.1 Å². The molecule has 9 heteroatoms. The molecule has 0 radical (unpaired) electrons. The highest BCUT2D eigenvalue weighted by molar-refractivity contribution is 7.88. The number of nitrogen functional groups attached to an aromatic ring is 1. The van der Waals surface area contributed by atoms with Crippen LogP contribution in [0.5, 0.6) is 0 Å². The molecule has 3 N–H and O–H groups in total. The molecule has 0 atom stereocenters. The zero-order valence-corrected chi connectivity index (χ0v) is 13.1. The number of H-pyrrole nitrogens is 1. The summed E-state index contributed by atoms with van der Waals surface area (Å²) in [6.45, 7) is 2.11. The number of hydrogen-bond donors (Lipinski definition) is 2. The molecule has 1 aliphatic rings. The zero-order valence-electron chi connectivity index (χ0n) is 11.5. The maximum atomic E-state index is 11.6. The van der Waals surface area contributed by atoms with E-state index < -0.39 is 10.0 Å². The van der Waals surface area contributed by atoms with E-state index in [1.54, 1.807) is 6.07 Å². The predicted molar refractivity (Wildman–Crippen MR) is 84.1 cm³/mol. The molecule has 0 amide bonds. The first-order chi connectivity index (χ1) is 9.86. The Balaban J connectivity index is 1.92. The van der Waals surface area contributed by atoms with Crippen LogP contribution in [0.25, 0.3) is 10.9 Å². The lowest BCUT2D eigenvalue weighted by Gasteiger charge is -2.35. The molecule has 0 unspecified atom stereocenters. The molecule has 21 heavy (non-hydrogen) atoms. The van der Waals surface area contributed by atoms with Crippen molar-refractivity contribution >= 4 is 44.0 Å². The monoisotopic (exact) mass is 329 g/mol. The van der Waals surface area contributed by atoms with E-state index in [-0.39, 0.29) is 0 Å². The third kappa shape index (κ3) is 2.66. The van der Waals surface area contributed by atoms with E-state index in [1.165, 1.54) is 10.6 Å². The number of halogens is 1. The first kappa shape index (κ1) is 14.4. The molecule has 1 fully saturated rings. The third-order valence-corrected chi connectivity index (χ3v) is 5.22. The van der Waals surface area contributed by atoms with Crippen molar-refractivity contribution in [2.45, 2.75) is 0 Å². The van der Waals surface area contributed by atoms with E-state index in [9.17, 15) is 8.42 Å². The summed E-state index contributed by atoms with van der Waals surface area (Å²) < 4.78 is 24.6. The number of hydrogen-bond acceptors (Lipinski definition) is 5. The summed E-state index contributed by atoms with van der Waals surface area (Å²) in [5, 5.41) is 8.28. The molecular formula is C12H16ClN5O2S. The van der Waals surface area contributed by atoms with Crippen molar-refractivity contribution in [1.82, 2.24) is 14.5 Å². The van der Waals surface area contributed by atoms with E-state index >= 15 is 0 Å². The molecule has 0 saturated carbocycles. The van der Waals surface area contributed by atoms with Crippen LogP contribution in [0.2, 0.25) is 5.02 Å². The van der Waals surface area contributed by atoms with Gasteiger partial charge in [-0.15, -0.1) is 0 Å². The van der Waals surface area contributed by atoms with Gasteiger partial charge in [0.15, 0.2) is 5.82 Å². The third-order valence-electron chi connectivity index (χ3n) is 3.69. The van der Waals surface area contributed by atoms with Gasteiger partial charge in [0.2, 0.25) is 10.0 Å². The number of nitrogens with one attached hydrogen (secondary N) is 1. The van der Waals surface area contributed by atoms with Crippen LogP contribution in [0.3, 0.4) is 0 Å². The molecule has 1 aromatic heterocycles. The predicted octanol–water partition coefficient (Wildman–Crippen LogP) is 0.880. The van der Waals surface area contributed by atoms with Crippen molar-refractivity contribution in [3.8, 4) is 0 Å². The number of fused-ring (bicyclic) bond motifs is 1. The average molecular weight is 330 g/mol. The minimum Gasteiger partial charge on any atom is -0.382 e. The van der Waals surface area contributed by atoms with E-state index in [2.05, 4.69) is 15.1 Å². The van der Waals surface area contributed by atoms with Crippen LogP contribution in [-0.4, -0.2) is 55.4 Å². The van der Waals surface area contributed by atoms with Gasteiger partial charge < -0.3 is 10.6 Å². The van der Waals surface area contributed by atoms with Gasteiger partial charge in [0.1, 0.15) is 0 Å². The van der Waals surface area contributed by atoms with Crippen molar-refractivity contribution in [2.24, 2.45) is 0 Å². The van der Waals surface area contributed by atoms with Crippen LogP contribution >= 0.6 is 11.6 Å². The van der Waals surface area contributed by atoms with E-state index in [4.69, 9.17) is 17.3 Å². The minimum absolute atomic E-state index is 0.406. The first-order valence-electron chi connectivity index (χ1n) is 6.49. The van der Waals surface area contributed by atoms with Gasteiger partial charge in [0, 0.05) is 36.6 Å². The van der Waals surface area contributed by atoms with Gasteiger partial charge in [-0.05, 0) is 12.1 Å². The second-order valence-electron chi connectivity index (χ2n) is 5.11. The fraction of sp³-hybridized carbons (Fsp3) is 0.417. The second kappa shape index (κ2) is 5.04. The summed E-state index contributed by atoms with van der Waals surface area (Å²) in [6, 6.07) is 3.61. The Labute approximate surface area is 127 Å². The molecule has 114 valence electrons. The molecule has 2 aromatic rings. The maximum absolute atomic E-state index is 11.6. The largest absolute Gasteiger partial charge is 0.382 e. The number of anilines is 2. The van der Waals surface area contributed by atoms with Crippen LogP contribution < -0.4 is 10.6 Å². The molecule has 3 rings (SSSR count). The zero-order chi connectivity index (χ0) is 15.2. The fourth-order valence-corrected chi connectivity index (χ4v) is 3.64. The highest BCUT2D eigenvalue weighted by Gasteiger charge is 2.25. The molecule has 1 saturated heterocycles. The van der Waals surface area contributed by atoms with Crippen LogP contribution in [0, 0.1) is 0 Å². The standard InChI is InChI=1S/C12H16ClN5O2S/c1-21(19,20)18-4-2-17(3-5-18)10-7-8(13)6-9-11(10)15-16-12(9)14/h6-7H,2-5H2,1H3,(H3,14,15,16). The van der Waals surface area contributed by atoms with Crippen LogP contribution in [0.4, 0.5) is 11.5 Å². The SMILES string of the molecule is CS(=O)(=O)N1CCN(c2cc(Cl)cc3c(N)n[nH]c23)CC1. The second-order valence-corrected chi connectivity index (χ2v) is 7.52. The molecule has 0 aliphatic carbocycles. The van der Waals surface area contributed by atoms with E-state index in [1.807, 2.05) is 6.07 Å². The Hall–Kier alpha value is -1.51. The Morgan fingerprint density at radius 3 is 2.57 bits per heavy atom. The van der Waals surface area contributed by atoms with Crippen molar-refractivity contribution in [3.63, 3.8) is 0 Å². The van der Waals surface area contributed by atoms with Gasteiger partial charge in [-0.1, -0.05) is 11.6 Å². The summed E-state index contributed by atoms with van der Waals surface area (Å²) >= 11 is 6.14. The molecule has 7 nitrogen and oxygen atoms in total. The topological polar surface area (TPSA) is 95.3 Å². The van der Waals surface area contributed by atoms with Crippen LogP contribution in [-0.2, 0) is 10.0 Å². The number of benzene rings is 1. The Bertz CT molecular complexity index is 780. The molecule has 0 bridgehead atoms. The smallest absolute Gasteiger partial charge is 0.211 e. The minimum atomic E-state index is -3.14. The Morgan fingerprint density at radius 1 is 1.29 bits per heavy atom. The fourth-order valence-electron chi connectivity index (χ4n) is 2.60. The number of piperazine rings is 1. The van der Waals surface area contributed by atoms with Crippen molar-refractivity contribution in [2.75, 3.05) is 43.1 Å². The van der Waals surface area contributed by atoms with Crippen molar-refractivity contribution in [3.05, 3.63) is 17.2 Å². The molecule has 1 aliphatic heterocycles. The lowest BCUT2D eigenvalue weighted by atomic mass is 10.2. The highest BCUT2D eigenvalue weighted by atomic mass is 35.5. The summed E-state index contributed by atoms with van der Waals surface area (Å²) in [4.78, 5) is 2.09. The first-order valence-corrected chi connectivity index (χ1v) is 8.72. The number of rotatable bonds is 2. The number of aromatic amines is 1. The lowest BCUT2D eigenvalue weighted by molar-refractivity contribution is 0.388. The molecular weight excluding hydrogens is 314 g/mol. The summed E-state index contributed by atoms with van der Waals surface area (Å²) in [7, 11) is -3.14. The summed E-state index contributed by atoms with van der Waals surface area (Å²) in [5.74, 6) is 0.406. The summed E-state index contributed by atoms with van der Waals surface area (Å²) in [6.07, 6.45) is 1.23. The lowest BCUT2D eigenvalue weighted by Crippen LogP contribution is -2.48. The molecule has 1 aromatic carbocycles. The van der Waals surface area contributed by atoms with E-state index in [0.717, 1.165) is 16.6 Å². The van der Waals surface area contributed by atoms with E-state index in [0.29, 0.717) is 37.0 Å². The number of sulfonamides is 1. The maximum Gasteiger partial charge on any atom is 0.211 e. The van der Waals surface area contributed by atoms with Gasteiger partial charge >= 0.3 is 0 Å². The van der Waals surface area contributed by atoms with Gasteiger partial charge in [-0.25, -0.2) is 8.42 Å². The molecule has 2 heterocycles. The average Bonchev–Trinajstić information content (AvgIpc) is 2.79. The number of nitrogens with zero attached hydrogens (tertiary/aromatic N) is 3. The Kier molecular flexibility index (Phi) is 3.46. The van der Waals surface area contributed by atoms with Gasteiger partial charge in [-0.3, -0.25) is 5.10 Å². The van der Waals surface area contributed by atoms with Gasteiger partial charge in [0.05, 0.1) is 17.5 Å². The van der Waals surface area contributed by atoms with Crippen LogP contribution in [0.1, 0.15) is 0 Å². The van der Waals surface area contributed by atoms with Gasteiger partial charge in [-0.2, -0.15) is 9.40 Å². The number of aromatic nitrogens is 2. The number of nitrogens with two attached hydrogens (primary N) is 1. The highest BCUT2D eigenvalue weighted by Crippen LogP contribution is 2.32. The van der Waals surface area contributed by atoms with Crippen molar-refractivity contribution < 1.29 is 8.42 Å². The molecule has 0 spiro atoms. The summed E-state index contributed by atoms with van der Waals surface area (Å²) in [5.41, 5.74) is 7.54.